The van der Waals surface area contributed by atoms with Gasteiger partial charge in [-0.05, 0) is 61.8 Å². The summed E-state index contributed by atoms with van der Waals surface area (Å²) in [7, 11) is 0. The molecule has 0 radical (unpaired) electrons. The molecular weight excluding hydrogens is 286 g/mol. The van der Waals surface area contributed by atoms with Crippen LogP contribution in [0.5, 0.6) is 0 Å². The first-order chi connectivity index (χ1) is 11.2. The van der Waals surface area contributed by atoms with Crippen LogP contribution in [0.25, 0.3) is 0 Å². The Morgan fingerprint density at radius 1 is 1.04 bits per heavy atom. The maximum absolute atomic E-state index is 10.2. The van der Waals surface area contributed by atoms with E-state index in [1.54, 1.807) is 0 Å². The van der Waals surface area contributed by atoms with Crippen LogP contribution in [0, 0.1) is 17.8 Å². The highest BCUT2D eigenvalue weighted by Crippen LogP contribution is 2.57. The monoisotopic (exact) mass is 315 g/mol. The minimum Gasteiger partial charge on any atom is -0.389 e. The van der Waals surface area contributed by atoms with Gasteiger partial charge >= 0.3 is 0 Å². The molecule has 5 rings (SSSR count). The molecule has 1 aromatic carbocycles. The standard InChI is InChI=1S/C20H29NO2/c22-19(13-21-12-15-4-2-1-3-5-15)14-23-20-9-16-6-17(10-20)8-18(7-16)11-20/h1-5,16-19,21-22H,6-14H2. The van der Waals surface area contributed by atoms with Crippen LogP contribution in [0.4, 0.5) is 0 Å². The number of ether oxygens (including phenoxy) is 1. The minimum absolute atomic E-state index is 0.106. The molecule has 0 aliphatic heterocycles. The lowest BCUT2D eigenvalue weighted by Gasteiger charge is -2.56. The molecule has 2 N–H and O–H groups in total. The summed E-state index contributed by atoms with van der Waals surface area (Å²) in [6, 6.07) is 10.3. The second kappa shape index (κ2) is 6.54. The van der Waals surface area contributed by atoms with Crippen LogP contribution in [-0.2, 0) is 11.3 Å². The fourth-order valence-corrected chi connectivity index (χ4v) is 5.52. The molecule has 1 unspecified atom stereocenters. The van der Waals surface area contributed by atoms with Crippen LogP contribution in [0.2, 0.25) is 0 Å². The van der Waals surface area contributed by atoms with Crippen molar-refractivity contribution in [1.82, 2.24) is 5.32 Å². The number of rotatable bonds is 7. The van der Waals surface area contributed by atoms with Gasteiger partial charge in [-0.25, -0.2) is 0 Å². The van der Waals surface area contributed by atoms with Gasteiger partial charge in [0.1, 0.15) is 0 Å². The van der Waals surface area contributed by atoms with Gasteiger partial charge in [-0.1, -0.05) is 30.3 Å². The number of aliphatic hydroxyl groups excluding tert-OH is 1. The third-order valence-corrected chi connectivity index (χ3v) is 6.12. The Morgan fingerprint density at radius 3 is 2.26 bits per heavy atom. The molecule has 4 saturated carbocycles. The van der Waals surface area contributed by atoms with Gasteiger partial charge in [0.25, 0.3) is 0 Å². The number of benzene rings is 1. The molecule has 3 nitrogen and oxygen atoms in total. The van der Waals surface area contributed by atoms with Crippen molar-refractivity contribution in [1.29, 1.82) is 0 Å². The van der Waals surface area contributed by atoms with Crippen molar-refractivity contribution in [3.8, 4) is 0 Å². The van der Waals surface area contributed by atoms with E-state index in [9.17, 15) is 5.11 Å². The molecule has 1 atom stereocenters. The molecule has 4 aliphatic rings. The first kappa shape index (κ1) is 15.6. The van der Waals surface area contributed by atoms with Gasteiger partial charge in [0.15, 0.2) is 0 Å². The molecule has 23 heavy (non-hydrogen) atoms. The summed E-state index contributed by atoms with van der Waals surface area (Å²) in [5, 5.41) is 13.6. The topological polar surface area (TPSA) is 41.5 Å². The molecule has 4 aliphatic carbocycles. The molecule has 3 heteroatoms. The third kappa shape index (κ3) is 3.62. The lowest BCUT2D eigenvalue weighted by atomic mass is 9.54. The molecule has 4 fully saturated rings. The van der Waals surface area contributed by atoms with Crippen LogP contribution < -0.4 is 5.32 Å². The van der Waals surface area contributed by atoms with E-state index >= 15 is 0 Å². The summed E-state index contributed by atoms with van der Waals surface area (Å²) in [5.41, 5.74) is 1.36. The molecule has 0 amide bonds. The van der Waals surface area contributed by atoms with Crippen molar-refractivity contribution < 1.29 is 9.84 Å². The summed E-state index contributed by atoms with van der Waals surface area (Å²) in [6.45, 7) is 1.88. The van der Waals surface area contributed by atoms with Crippen LogP contribution in [0.15, 0.2) is 30.3 Å². The number of nitrogens with one attached hydrogen (secondary N) is 1. The fourth-order valence-electron chi connectivity index (χ4n) is 5.52. The van der Waals surface area contributed by atoms with Crippen molar-refractivity contribution in [2.45, 2.75) is 56.8 Å². The van der Waals surface area contributed by atoms with Crippen molar-refractivity contribution in [3.05, 3.63) is 35.9 Å². The lowest BCUT2D eigenvalue weighted by Crippen LogP contribution is -2.53. The van der Waals surface area contributed by atoms with E-state index in [0.717, 1.165) is 24.3 Å². The van der Waals surface area contributed by atoms with Gasteiger partial charge < -0.3 is 15.2 Å². The highest BCUT2D eigenvalue weighted by Gasteiger charge is 2.51. The van der Waals surface area contributed by atoms with Crippen LogP contribution in [0.3, 0.4) is 0 Å². The molecule has 126 valence electrons. The van der Waals surface area contributed by atoms with Crippen molar-refractivity contribution >= 4 is 0 Å². The van der Waals surface area contributed by atoms with Crippen molar-refractivity contribution in [3.63, 3.8) is 0 Å². The van der Waals surface area contributed by atoms with Crippen LogP contribution in [0.1, 0.15) is 44.1 Å². The van der Waals surface area contributed by atoms with E-state index in [2.05, 4.69) is 17.4 Å². The zero-order valence-electron chi connectivity index (χ0n) is 13.9. The van der Waals surface area contributed by atoms with E-state index in [1.165, 1.54) is 44.1 Å². The second-order valence-corrected chi connectivity index (χ2v) is 8.18. The summed E-state index contributed by atoms with van der Waals surface area (Å²) in [5.74, 6) is 2.69. The Kier molecular flexibility index (Phi) is 4.44. The maximum atomic E-state index is 10.2. The van der Waals surface area contributed by atoms with Crippen LogP contribution >= 0.6 is 0 Å². The fraction of sp³-hybridized carbons (Fsp3) is 0.700. The van der Waals surface area contributed by atoms with Gasteiger partial charge in [0, 0.05) is 13.1 Å². The van der Waals surface area contributed by atoms with Crippen LogP contribution in [-0.4, -0.2) is 30.0 Å². The van der Waals surface area contributed by atoms with Crippen molar-refractivity contribution in [2.24, 2.45) is 17.8 Å². The second-order valence-electron chi connectivity index (χ2n) is 8.18. The van der Waals surface area contributed by atoms with E-state index < -0.39 is 6.10 Å². The van der Waals surface area contributed by atoms with Crippen molar-refractivity contribution in [2.75, 3.05) is 13.2 Å². The average Bonchev–Trinajstić information content (AvgIpc) is 2.53. The third-order valence-electron chi connectivity index (χ3n) is 6.12. The summed E-state index contributed by atoms with van der Waals surface area (Å²) in [4.78, 5) is 0. The highest BCUT2D eigenvalue weighted by atomic mass is 16.5. The summed E-state index contributed by atoms with van der Waals surface area (Å²) >= 11 is 0. The number of hydrogen-bond acceptors (Lipinski definition) is 3. The molecule has 4 bridgehead atoms. The minimum atomic E-state index is -0.410. The zero-order chi connectivity index (χ0) is 15.7. The van der Waals surface area contributed by atoms with Gasteiger partial charge in [0.2, 0.25) is 0 Å². The Labute approximate surface area is 139 Å². The molecule has 0 aromatic heterocycles. The Bertz CT molecular complexity index is 480. The lowest BCUT2D eigenvalue weighted by molar-refractivity contribution is -0.174. The molecule has 0 saturated heterocycles. The molecular formula is C20H29NO2. The van der Waals surface area contributed by atoms with E-state index in [-0.39, 0.29) is 5.60 Å². The Balaban J connectivity index is 1.22. The maximum Gasteiger partial charge on any atom is 0.0898 e. The predicted octanol–water partition coefficient (Wildman–Crippen LogP) is 3.12. The summed E-state index contributed by atoms with van der Waals surface area (Å²) in [6.07, 6.45) is 7.61. The zero-order valence-corrected chi connectivity index (χ0v) is 13.9. The van der Waals surface area contributed by atoms with Gasteiger partial charge in [0.05, 0.1) is 18.3 Å². The molecule has 0 spiro atoms. The SMILES string of the molecule is OC(CNCc1ccccc1)COC12CC3CC(CC(C3)C1)C2. The first-order valence-corrected chi connectivity index (χ1v) is 9.27. The van der Waals surface area contributed by atoms with E-state index in [4.69, 9.17) is 4.74 Å². The average molecular weight is 315 g/mol. The Morgan fingerprint density at radius 2 is 1.65 bits per heavy atom. The number of aliphatic hydroxyl groups is 1. The normalized spacial score (nSPS) is 36.3. The van der Waals surface area contributed by atoms with Gasteiger partial charge in [-0.2, -0.15) is 0 Å². The highest BCUT2D eigenvalue weighted by molar-refractivity contribution is 5.14. The quantitative estimate of drug-likeness (QED) is 0.812. The Hall–Kier alpha value is -0.900. The smallest absolute Gasteiger partial charge is 0.0898 e. The van der Waals surface area contributed by atoms with Gasteiger partial charge in [-0.15, -0.1) is 0 Å². The first-order valence-electron chi connectivity index (χ1n) is 9.27. The number of hydrogen-bond donors (Lipinski definition) is 2. The van der Waals surface area contributed by atoms with E-state index in [0.29, 0.717) is 13.2 Å². The van der Waals surface area contributed by atoms with E-state index in [1.807, 2.05) is 18.2 Å². The van der Waals surface area contributed by atoms with Gasteiger partial charge in [-0.3, -0.25) is 0 Å². The predicted molar refractivity (Wildman–Crippen MR) is 91.0 cm³/mol. The summed E-state index contributed by atoms with van der Waals surface area (Å²) < 4.78 is 6.32. The molecule has 1 aromatic rings. The largest absolute Gasteiger partial charge is 0.389 e. The molecule has 0 heterocycles.